The number of piperidine rings is 1. The highest BCUT2D eigenvalue weighted by Crippen LogP contribution is 2.31. The fourth-order valence-electron chi connectivity index (χ4n) is 3.67. The first-order valence-electron chi connectivity index (χ1n) is 8.58. The van der Waals surface area contributed by atoms with Crippen LogP contribution >= 0.6 is 11.6 Å². The van der Waals surface area contributed by atoms with Gasteiger partial charge in [-0.1, -0.05) is 23.7 Å². The maximum atomic E-state index is 12.3. The number of rotatable bonds is 4. The predicted octanol–water partition coefficient (Wildman–Crippen LogP) is 2.75. The van der Waals surface area contributed by atoms with Crippen LogP contribution in [0.25, 0.3) is 0 Å². The van der Waals surface area contributed by atoms with Crippen LogP contribution in [-0.2, 0) is 4.79 Å². The van der Waals surface area contributed by atoms with Crippen molar-refractivity contribution in [3.05, 3.63) is 34.9 Å². The molecule has 23 heavy (non-hydrogen) atoms. The van der Waals surface area contributed by atoms with Gasteiger partial charge in [0.05, 0.1) is 6.10 Å². The number of nitrogens with zero attached hydrogens (tertiary/aromatic N) is 1. The summed E-state index contributed by atoms with van der Waals surface area (Å²) in [5.74, 6) is 0.466. The molecule has 0 aliphatic carbocycles. The molecule has 1 aromatic carbocycles. The summed E-state index contributed by atoms with van der Waals surface area (Å²) in [4.78, 5) is 14.3. The molecule has 2 fully saturated rings. The summed E-state index contributed by atoms with van der Waals surface area (Å²) < 4.78 is 0. The lowest BCUT2D eigenvalue weighted by Gasteiger charge is -2.35. The monoisotopic (exact) mass is 336 g/mol. The second-order valence-corrected chi connectivity index (χ2v) is 7.15. The topological polar surface area (TPSA) is 52.6 Å². The van der Waals surface area contributed by atoms with Gasteiger partial charge in [-0.2, -0.15) is 0 Å². The van der Waals surface area contributed by atoms with E-state index in [2.05, 4.69) is 5.32 Å². The standard InChI is InChI=1S/C18H25ClN2O2/c19-15-5-3-13(4-6-15)18(23)14-7-10-21(11-8-14)17(22)12-16-2-1-9-20-16/h3-6,14,16,18,20,23H,1-2,7-12H2. The Bertz CT molecular complexity index is 520. The third kappa shape index (κ3) is 4.25. The zero-order chi connectivity index (χ0) is 16.2. The van der Waals surface area contributed by atoms with Gasteiger partial charge in [-0.3, -0.25) is 4.79 Å². The van der Waals surface area contributed by atoms with Crippen LogP contribution in [0.1, 0.15) is 43.8 Å². The van der Waals surface area contributed by atoms with E-state index in [4.69, 9.17) is 11.6 Å². The fraction of sp³-hybridized carbons (Fsp3) is 0.611. The molecule has 2 aliphatic heterocycles. The first kappa shape index (κ1) is 16.7. The molecule has 0 saturated carbocycles. The van der Waals surface area contributed by atoms with Gasteiger partial charge < -0.3 is 15.3 Å². The number of benzene rings is 1. The van der Waals surface area contributed by atoms with Crippen LogP contribution in [0.5, 0.6) is 0 Å². The van der Waals surface area contributed by atoms with Crippen LogP contribution < -0.4 is 5.32 Å². The van der Waals surface area contributed by atoms with E-state index in [-0.39, 0.29) is 11.8 Å². The van der Waals surface area contributed by atoms with E-state index < -0.39 is 6.10 Å². The molecule has 1 amide bonds. The minimum absolute atomic E-state index is 0.213. The van der Waals surface area contributed by atoms with Gasteiger partial charge in [-0.25, -0.2) is 0 Å². The van der Waals surface area contributed by atoms with Gasteiger partial charge >= 0.3 is 0 Å². The highest BCUT2D eigenvalue weighted by molar-refractivity contribution is 6.30. The van der Waals surface area contributed by atoms with Crippen molar-refractivity contribution in [3.63, 3.8) is 0 Å². The smallest absolute Gasteiger partial charge is 0.224 e. The van der Waals surface area contributed by atoms with Crippen molar-refractivity contribution in [2.24, 2.45) is 5.92 Å². The van der Waals surface area contributed by atoms with E-state index in [0.29, 0.717) is 17.5 Å². The molecule has 3 rings (SSSR count). The number of halogens is 1. The molecule has 126 valence electrons. The molecule has 2 aliphatic rings. The molecular formula is C18H25ClN2O2. The highest BCUT2D eigenvalue weighted by atomic mass is 35.5. The van der Waals surface area contributed by atoms with Gasteiger partial charge in [0.1, 0.15) is 0 Å². The molecule has 5 heteroatoms. The van der Waals surface area contributed by atoms with Crippen molar-refractivity contribution in [2.75, 3.05) is 19.6 Å². The molecule has 2 heterocycles. The molecule has 0 spiro atoms. The summed E-state index contributed by atoms with van der Waals surface area (Å²) in [7, 11) is 0. The molecular weight excluding hydrogens is 312 g/mol. The summed E-state index contributed by atoms with van der Waals surface area (Å²) in [6, 6.07) is 7.76. The van der Waals surface area contributed by atoms with Crippen LogP contribution in [0.3, 0.4) is 0 Å². The largest absolute Gasteiger partial charge is 0.388 e. The molecule has 2 atom stereocenters. The quantitative estimate of drug-likeness (QED) is 0.889. The Morgan fingerprint density at radius 3 is 2.57 bits per heavy atom. The lowest BCUT2D eigenvalue weighted by molar-refractivity contribution is -0.133. The van der Waals surface area contributed by atoms with E-state index in [9.17, 15) is 9.90 Å². The molecule has 0 aromatic heterocycles. The van der Waals surface area contributed by atoms with Gasteiger partial charge in [-0.15, -0.1) is 0 Å². The normalized spacial score (nSPS) is 23.9. The number of hydrogen-bond donors (Lipinski definition) is 2. The second-order valence-electron chi connectivity index (χ2n) is 6.71. The summed E-state index contributed by atoms with van der Waals surface area (Å²) in [5, 5.41) is 14.6. The fourth-order valence-corrected chi connectivity index (χ4v) is 3.79. The van der Waals surface area contributed by atoms with E-state index in [0.717, 1.165) is 44.5 Å². The van der Waals surface area contributed by atoms with Crippen molar-refractivity contribution in [1.82, 2.24) is 10.2 Å². The predicted molar refractivity (Wildman–Crippen MR) is 91.4 cm³/mol. The van der Waals surface area contributed by atoms with Crippen molar-refractivity contribution >= 4 is 17.5 Å². The third-order valence-corrected chi connectivity index (χ3v) is 5.39. The Morgan fingerprint density at radius 2 is 1.96 bits per heavy atom. The lowest BCUT2D eigenvalue weighted by atomic mass is 9.87. The highest BCUT2D eigenvalue weighted by Gasteiger charge is 2.29. The Labute approximate surface area is 142 Å². The van der Waals surface area contributed by atoms with Crippen LogP contribution in [0, 0.1) is 5.92 Å². The van der Waals surface area contributed by atoms with Crippen LogP contribution in [0.4, 0.5) is 0 Å². The molecule has 2 N–H and O–H groups in total. The van der Waals surface area contributed by atoms with E-state index in [1.165, 1.54) is 6.42 Å². The van der Waals surface area contributed by atoms with Crippen molar-refractivity contribution in [1.29, 1.82) is 0 Å². The third-order valence-electron chi connectivity index (χ3n) is 5.13. The molecule has 2 unspecified atom stereocenters. The number of likely N-dealkylation sites (tertiary alicyclic amines) is 1. The maximum absolute atomic E-state index is 12.3. The molecule has 0 bridgehead atoms. The minimum Gasteiger partial charge on any atom is -0.388 e. The number of nitrogens with one attached hydrogen (secondary N) is 1. The minimum atomic E-state index is -0.471. The molecule has 0 radical (unpaired) electrons. The number of hydrogen-bond acceptors (Lipinski definition) is 3. The summed E-state index contributed by atoms with van der Waals surface area (Å²) in [5.41, 5.74) is 0.911. The molecule has 4 nitrogen and oxygen atoms in total. The number of aliphatic hydroxyl groups is 1. The van der Waals surface area contributed by atoms with Crippen LogP contribution in [-0.4, -0.2) is 41.6 Å². The number of amides is 1. The zero-order valence-electron chi connectivity index (χ0n) is 13.4. The summed E-state index contributed by atoms with van der Waals surface area (Å²) in [6.45, 7) is 2.54. The first-order chi connectivity index (χ1) is 11.1. The Balaban J connectivity index is 1.49. The summed E-state index contributed by atoms with van der Waals surface area (Å²) in [6.07, 6.45) is 4.14. The average molecular weight is 337 g/mol. The lowest BCUT2D eigenvalue weighted by Crippen LogP contribution is -2.42. The van der Waals surface area contributed by atoms with Crippen molar-refractivity contribution in [3.8, 4) is 0 Å². The van der Waals surface area contributed by atoms with Crippen LogP contribution in [0.2, 0.25) is 5.02 Å². The van der Waals surface area contributed by atoms with Crippen molar-refractivity contribution in [2.45, 2.75) is 44.2 Å². The Morgan fingerprint density at radius 1 is 1.26 bits per heavy atom. The molecule has 2 saturated heterocycles. The zero-order valence-corrected chi connectivity index (χ0v) is 14.1. The number of carbonyl (C=O) groups excluding carboxylic acids is 1. The summed E-state index contributed by atoms with van der Waals surface area (Å²) >= 11 is 5.89. The second kappa shape index (κ2) is 7.65. The van der Waals surface area contributed by atoms with Gasteiger partial charge in [0.2, 0.25) is 5.91 Å². The Kier molecular flexibility index (Phi) is 5.57. The maximum Gasteiger partial charge on any atom is 0.224 e. The first-order valence-corrected chi connectivity index (χ1v) is 8.96. The number of carbonyl (C=O) groups is 1. The van der Waals surface area contributed by atoms with Gasteiger partial charge in [0.25, 0.3) is 0 Å². The number of aliphatic hydroxyl groups excluding tert-OH is 1. The van der Waals surface area contributed by atoms with Gasteiger partial charge in [0, 0.05) is 30.6 Å². The van der Waals surface area contributed by atoms with E-state index in [1.54, 1.807) is 0 Å². The SMILES string of the molecule is O=C(CC1CCCN1)N1CCC(C(O)c2ccc(Cl)cc2)CC1. The Hall–Kier alpha value is -1.10. The van der Waals surface area contributed by atoms with E-state index in [1.807, 2.05) is 29.2 Å². The van der Waals surface area contributed by atoms with E-state index >= 15 is 0 Å². The van der Waals surface area contributed by atoms with Crippen LogP contribution in [0.15, 0.2) is 24.3 Å². The van der Waals surface area contributed by atoms with Gasteiger partial charge in [-0.05, 0) is 55.8 Å². The molecule has 1 aromatic rings. The van der Waals surface area contributed by atoms with Crippen molar-refractivity contribution < 1.29 is 9.90 Å². The van der Waals surface area contributed by atoms with Gasteiger partial charge in [0.15, 0.2) is 0 Å². The average Bonchev–Trinajstić information content (AvgIpc) is 3.08.